The molecule has 0 aliphatic heterocycles. The molecule has 0 fully saturated rings. The van der Waals surface area contributed by atoms with Crippen LogP contribution in [-0.2, 0) is 0 Å². The molecule has 1 atom stereocenters. The fraction of sp³-hybridized carbons (Fsp3) is 0.235. The summed E-state index contributed by atoms with van der Waals surface area (Å²) in [5, 5.41) is 5.67. The van der Waals surface area contributed by atoms with Crippen molar-refractivity contribution in [3.63, 3.8) is 0 Å². The molecule has 0 bridgehead atoms. The Hall–Kier alpha value is -2.69. The summed E-state index contributed by atoms with van der Waals surface area (Å²) in [6.07, 6.45) is 0. The van der Waals surface area contributed by atoms with Gasteiger partial charge in [0.1, 0.15) is 0 Å². The van der Waals surface area contributed by atoms with Gasteiger partial charge in [0.25, 0.3) is 0 Å². The molecule has 2 aromatic carbocycles. The molecule has 22 heavy (non-hydrogen) atoms. The summed E-state index contributed by atoms with van der Waals surface area (Å²) in [6.45, 7) is 1.91. The van der Waals surface area contributed by atoms with E-state index in [-0.39, 0.29) is 12.1 Å². The van der Waals surface area contributed by atoms with Gasteiger partial charge in [-0.25, -0.2) is 4.79 Å². The average molecular weight is 300 g/mol. The lowest BCUT2D eigenvalue weighted by atomic mass is 10.1. The van der Waals surface area contributed by atoms with E-state index >= 15 is 0 Å². The van der Waals surface area contributed by atoms with Crippen molar-refractivity contribution in [2.75, 3.05) is 19.5 Å². The molecule has 0 heterocycles. The van der Waals surface area contributed by atoms with Crippen LogP contribution in [0.25, 0.3) is 0 Å². The van der Waals surface area contributed by atoms with E-state index < -0.39 is 0 Å². The van der Waals surface area contributed by atoms with Crippen LogP contribution >= 0.6 is 0 Å². The first-order chi connectivity index (χ1) is 10.6. The molecule has 2 N–H and O–H groups in total. The Morgan fingerprint density at radius 2 is 1.68 bits per heavy atom. The number of carbonyl (C=O) groups is 1. The summed E-state index contributed by atoms with van der Waals surface area (Å²) in [5.74, 6) is 1.30. The second kappa shape index (κ2) is 7.36. The van der Waals surface area contributed by atoms with E-state index in [1.807, 2.05) is 55.5 Å². The normalized spacial score (nSPS) is 11.4. The van der Waals surface area contributed by atoms with Crippen molar-refractivity contribution in [1.29, 1.82) is 0 Å². The summed E-state index contributed by atoms with van der Waals surface area (Å²) in [5.41, 5.74) is 1.68. The van der Waals surface area contributed by atoms with Crippen LogP contribution in [0.5, 0.6) is 11.5 Å². The van der Waals surface area contributed by atoms with Crippen LogP contribution in [0.1, 0.15) is 18.5 Å². The molecular formula is C17H20N2O3. The summed E-state index contributed by atoms with van der Waals surface area (Å²) in [4.78, 5) is 12.0. The first kappa shape index (κ1) is 15.7. The van der Waals surface area contributed by atoms with E-state index in [0.717, 1.165) is 11.3 Å². The number of anilines is 1. The second-order valence-corrected chi connectivity index (χ2v) is 4.80. The van der Waals surface area contributed by atoms with E-state index in [1.165, 1.54) is 0 Å². The fourth-order valence-electron chi connectivity index (χ4n) is 2.09. The standard InChI is InChI=1S/C17H20N2O3/c1-12(13-9-10-15(21-2)16(11-13)22-3)18-17(20)19-14-7-5-4-6-8-14/h4-12H,1-3H3,(H2,18,19,20). The number of para-hydroxylation sites is 1. The zero-order valence-electron chi connectivity index (χ0n) is 12.9. The highest BCUT2D eigenvalue weighted by Crippen LogP contribution is 2.29. The van der Waals surface area contributed by atoms with Gasteiger partial charge < -0.3 is 20.1 Å². The van der Waals surface area contributed by atoms with Gasteiger partial charge in [-0.05, 0) is 36.8 Å². The minimum atomic E-state index is -0.256. The summed E-state index contributed by atoms with van der Waals surface area (Å²) >= 11 is 0. The Labute approximate surface area is 130 Å². The first-order valence-electron chi connectivity index (χ1n) is 6.98. The molecule has 0 aromatic heterocycles. The molecule has 0 radical (unpaired) electrons. The van der Waals surface area contributed by atoms with Crippen LogP contribution in [-0.4, -0.2) is 20.3 Å². The van der Waals surface area contributed by atoms with Gasteiger partial charge in [-0.2, -0.15) is 0 Å². The van der Waals surface area contributed by atoms with Crippen molar-refractivity contribution < 1.29 is 14.3 Å². The third-order valence-electron chi connectivity index (χ3n) is 3.29. The van der Waals surface area contributed by atoms with Crippen molar-refractivity contribution in [3.05, 3.63) is 54.1 Å². The number of hydrogen-bond donors (Lipinski definition) is 2. The van der Waals surface area contributed by atoms with Gasteiger partial charge in [0.15, 0.2) is 11.5 Å². The summed E-state index contributed by atoms with van der Waals surface area (Å²) in [6, 6.07) is 14.5. The third-order valence-corrected chi connectivity index (χ3v) is 3.29. The maximum Gasteiger partial charge on any atom is 0.319 e. The molecule has 2 aromatic rings. The molecule has 5 nitrogen and oxygen atoms in total. The Bertz CT molecular complexity index is 629. The highest BCUT2D eigenvalue weighted by Gasteiger charge is 2.12. The minimum Gasteiger partial charge on any atom is -0.493 e. The average Bonchev–Trinajstić information content (AvgIpc) is 2.54. The quantitative estimate of drug-likeness (QED) is 0.887. The zero-order valence-corrected chi connectivity index (χ0v) is 12.9. The maximum absolute atomic E-state index is 12.0. The molecular weight excluding hydrogens is 280 g/mol. The molecule has 0 aliphatic carbocycles. The largest absolute Gasteiger partial charge is 0.493 e. The summed E-state index contributed by atoms with van der Waals surface area (Å²) in [7, 11) is 3.17. The van der Waals surface area contributed by atoms with Gasteiger partial charge >= 0.3 is 6.03 Å². The van der Waals surface area contributed by atoms with Crippen LogP contribution in [0.15, 0.2) is 48.5 Å². The first-order valence-corrected chi connectivity index (χ1v) is 6.98. The topological polar surface area (TPSA) is 59.6 Å². The number of nitrogens with one attached hydrogen (secondary N) is 2. The van der Waals surface area contributed by atoms with Crippen LogP contribution in [0, 0.1) is 0 Å². The fourth-order valence-corrected chi connectivity index (χ4v) is 2.09. The van der Waals surface area contributed by atoms with Gasteiger partial charge in [0.05, 0.1) is 20.3 Å². The molecule has 0 saturated carbocycles. The number of amides is 2. The third kappa shape index (κ3) is 3.91. The minimum absolute atomic E-state index is 0.163. The van der Waals surface area contributed by atoms with E-state index in [2.05, 4.69) is 10.6 Å². The Morgan fingerprint density at radius 3 is 2.32 bits per heavy atom. The van der Waals surface area contributed by atoms with E-state index in [9.17, 15) is 4.79 Å². The SMILES string of the molecule is COc1ccc(C(C)NC(=O)Nc2ccccc2)cc1OC. The number of benzene rings is 2. The molecule has 1 unspecified atom stereocenters. The molecule has 0 spiro atoms. The van der Waals surface area contributed by atoms with Crippen molar-refractivity contribution in [2.24, 2.45) is 0 Å². The predicted molar refractivity (Wildman–Crippen MR) is 86.6 cm³/mol. The Balaban J connectivity index is 2.02. The van der Waals surface area contributed by atoms with Crippen LogP contribution in [0.2, 0.25) is 0 Å². The highest BCUT2D eigenvalue weighted by molar-refractivity contribution is 5.89. The summed E-state index contributed by atoms with van der Waals surface area (Å²) < 4.78 is 10.5. The molecule has 2 amide bonds. The van der Waals surface area contributed by atoms with Crippen LogP contribution < -0.4 is 20.1 Å². The lowest BCUT2D eigenvalue weighted by Crippen LogP contribution is -2.31. The number of methoxy groups -OCH3 is 2. The van der Waals surface area contributed by atoms with E-state index in [0.29, 0.717) is 11.5 Å². The van der Waals surface area contributed by atoms with Crippen molar-refractivity contribution >= 4 is 11.7 Å². The molecule has 0 saturated heterocycles. The number of hydrogen-bond acceptors (Lipinski definition) is 3. The van der Waals surface area contributed by atoms with Gasteiger partial charge in [0, 0.05) is 5.69 Å². The van der Waals surface area contributed by atoms with E-state index in [1.54, 1.807) is 14.2 Å². The zero-order chi connectivity index (χ0) is 15.9. The molecule has 2 rings (SSSR count). The number of ether oxygens (including phenoxy) is 2. The predicted octanol–water partition coefficient (Wildman–Crippen LogP) is 3.59. The van der Waals surface area contributed by atoms with Crippen LogP contribution in [0.4, 0.5) is 10.5 Å². The highest BCUT2D eigenvalue weighted by atomic mass is 16.5. The second-order valence-electron chi connectivity index (χ2n) is 4.80. The smallest absolute Gasteiger partial charge is 0.319 e. The monoisotopic (exact) mass is 300 g/mol. The molecule has 116 valence electrons. The molecule has 0 aliphatic rings. The van der Waals surface area contributed by atoms with Crippen molar-refractivity contribution in [3.8, 4) is 11.5 Å². The van der Waals surface area contributed by atoms with Crippen LogP contribution in [0.3, 0.4) is 0 Å². The maximum atomic E-state index is 12.0. The van der Waals surface area contributed by atoms with Crippen molar-refractivity contribution in [2.45, 2.75) is 13.0 Å². The van der Waals surface area contributed by atoms with Gasteiger partial charge in [-0.3, -0.25) is 0 Å². The molecule has 5 heteroatoms. The van der Waals surface area contributed by atoms with Gasteiger partial charge in [0.2, 0.25) is 0 Å². The van der Waals surface area contributed by atoms with E-state index in [4.69, 9.17) is 9.47 Å². The van der Waals surface area contributed by atoms with Crippen molar-refractivity contribution in [1.82, 2.24) is 5.32 Å². The van der Waals surface area contributed by atoms with Gasteiger partial charge in [-0.1, -0.05) is 24.3 Å². The number of rotatable bonds is 5. The Morgan fingerprint density at radius 1 is 1.00 bits per heavy atom. The van der Waals surface area contributed by atoms with Gasteiger partial charge in [-0.15, -0.1) is 0 Å². The lowest BCUT2D eigenvalue weighted by Gasteiger charge is -2.17. The Kier molecular flexibility index (Phi) is 5.25. The lowest BCUT2D eigenvalue weighted by molar-refractivity contribution is 0.249. The number of urea groups is 1. The number of carbonyl (C=O) groups excluding carboxylic acids is 1.